The average Bonchev–Trinajstić information content (AvgIpc) is 2.30. The van der Waals surface area contributed by atoms with Gasteiger partial charge in [0.15, 0.2) is 0 Å². The van der Waals surface area contributed by atoms with Crippen LogP contribution in [0, 0.1) is 11.3 Å². The Kier molecular flexibility index (Phi) is 3.65. The van der Waals surface area contributed by atoms with Gasteiger partial charge in [0, 0.05) is 13.2 Å². The molecule has 0 aliphatic carbocycles. The number of nitrogens with two attached hydrogens (primary N) is 1. The van der Waals surface area contributed by atoms with Crippen molar-refractivity contribution in [2.24, 2.45) is 17.1 Å². The van der Waals surface area contributed by atoms with E-state index >= 15 is 0 Å². The van der Waals surface area contributed by atoms with E-state index < -0.39 is 0 Å². The highest BCUT2D eigenvalue weighted by atomic mass is 16.5. The van der Waals surface area contributed by atoms with Crippen molar-refractivity contribution in [2.75, 3.05) is 26.4 Å². The zero-order valence-corrected chi connectivity index (χ0v) is 9.71. The van der Waals surface area contributed by atoms with Crippen molar-refractivity contribution in [1.29, 1.82) is 0 Å². The molecule has 0 aromatic carbocycles. The largest absolute Gasteiger partial charge is 0.381 e. The van der Waals surface area contributed by atoms with Crippen LogP contribution < -0.4 is 5.73 Å². The van der Waals surface area contributed by atoms with E-state index in [1.54, 1.807) is 0 Å². The molecule has 0 aromatic rings. The molecule has 0 saturated carbocycles. The lowest BCUT2D eigenvalue weighted by molar-refractivity contribution is -0.117. The molecular formula is C12H23NO2. The van der Waals surface area contributed by atoms with Gasteiger partial charge in [-0.05, 0) is 43.6 Å². The van der Waals surface area contributed by atoms with Crippen molar-refractivity contribution in [3.05, 3.63) is 0 Å². The second-order valence-electron chi connectivity index (χ2n) is 5.21. The fourth-order valence-electron chi connectivity index (χ4n) is 2.69. The van der Waals surface area contributed by atoms with Crippen LogP contribution in [0.2, 0.25) is 0 Å². The van der Waals surface area contributed by atoms with E-state index in [-0.39, 0.29) is 0 Å². The highest BCUT2D eigenvalue weighted by molar-refractivity contribution is 4.87. The summed E-state index contributed by atoms with van der Waals surface area (Å²) in [5, 5.41) is 0. The molecule has 2 fully saturated rings. The molecule has 0 bridgehead atoms. The zero-order chi connectivity index (χ0) is 10.7. The summed E-state index contributed by atoms with van der Waals surface area (Å²) in [5.41, 5.74) is 6.11. The van der Waals surface area contributed by atoms with Crippen molar-refractivity contribution in [2.45, 2.75) is 38.7 Å². The Hall–Kier alpha value is -0.120. The van der Waals surface area contributed by atoms with Crippen molar-refractivity contribution >= 4 is 0 Å². The molecule has 15 heavy (non-hydrogen) atoms. The highest BCUT2D eigenvalue weighted by Gasteiger charge is 2.38. The van der Waals surface area contributed by atoms with Gasteiger partial charge in [-0.1, -0.05) is 6.92 Å². The van der Waals surface area contributed by atoms with Crippen LogP contribution in [0.15, 0.2) is 0 Å². The van der Waals surface area contributed by atoms with Crippen LogP contribution >= 0.6 is 0 Å². The van der Waals surface area contributed by atoms with Crippen LogP contribution in [0.1, 0.15) is 32.6 Å². The Bertz CT molecular complexity index is 192. The third-order valence-corrected chi connectivity index (χ3v) is 4.12. The van der Waals surface area contributed by atoms with E-state index in [4.69, 9.17) is 15.2 Å². The monoisotopic (exact) mass is 213 g/mol. The van der Waals surface area contributed by atoms with Gasteiger partial charge in [0.2, 0.25) is 0 Å². The van der Waals surface area contributed by atoms with Crippen LogP contribution in [0.25, 0.3) is 0 Å². The standard InChI is InChI=1S/C12H23NO2/c1-10(8-13)11-2-3-12(9-15-11)4-6-14-7-5-12/h10-11H,2-9,13H2,1H3/t10-,11?/m1/s1. The van der Waals surface area contributed by atoms with Gasteiger partial charge in [0.05, 0.1) is 12.7 Å². The summed E-state index contributed by atoms with van der Waals surface area (Å²) in [6.07, 6.45) is 5.22. The third kappa shape index (κ3) is 2.52. The zero-order valence-electron chi connectivity index (χ0n) is 9.71. The van der Waals surface area contributed by atoms with Gasteiger partial charge in [-0.15, -0.1) is 0 Å². The number of rotatable bonds is 2. The molecule has 3 nitrogen and oxygen atoms in total. The molecule has 1 spiro atoms. The van der Waals surface area contributed by atoms with Gasteiger partial charge in [-0.25, -0.2) is 0 Å². The normalized spacial score (nSPS) is 32.8. The molecule has 2 aliphatic heterocycles. The minimum Gasteiger partial charge on any atom is -0.381 e. The van der Waals surface area contributed by atoms with Crippen molar-refractivity contribution < 1.29 is 9.47 Å². The SMILES string of the molecule is C[C@H](CN)C1CCC2(CCOCC2)CO1. The minimum absolute atomic E-state index is 0.392. The van der Waals surface area contributed by atoms with Gasteiger partial charge in [-0.3, -0.25) is 0 Å². The Labute approximate surface area is 92.3 Å². The first-order chi connectivity index (χ1) is 7.26. The topological polar surface area (TPSA) is 44.5 Å². The third-order valence-electron chi connectivity index (χ3n) is 4.12. The summed E-state index contributed by atoms with van der Waals surface area (Å²) in [6, 6.07) is 0. The molecule has 0 aromatic heterocycles. The first-order valence-electron chi connectivity index (χ1n) is 6.15. The van der Waals surface area contributed by atoms with E-state index in [0.717, 1.165) is 26.4 Å². The van der Waals surface area contributed by atoms with Crippen LogP contribution in [0.3, 0.4) is 0 Å². The number of ether oxygens (including phenoxy) is 2. The van der Waals surface area contributed by atoms with Gasteiger partial charge in [0.1, 0.15) is 0 Å². The molecule has 0 amide bonds. The Balaban J connectivity index is 1.85. The average molecular weight is 213 g/mol. The maximum atomic E-state index is 5.99. The Morgan fingerprint density at radius 1 is 1.33 bits per heavy atom. The summed E-state index contributed by atoms with van der Waals surface area (Å²) in [4.78, 5) is 0. The van der Waals surface area contributed by atoms with Crippen LogP contribution in [-0.2, 0) is 9.47 Å². The molecule has 2 atom stereocenters. The molecule has 2 rings (SSSR count). The first kappa shape index (κ1) is 11.4. The van der Waals surface area contributed by atoms with E-state index in [2.05, 4.69) is 6.92 Å². The molecule has 2 saturated heterocycles. The minimum atomic E-state index is 0.392. The van der Waals surface area contributed by atoms with Crippen LogP contribution in [-0.4, -0.2) is 32.5 Å². The number of hydrogen-bond acceptors (Lipinski definition) is 3. The summed E-state index contributed by atoms with van der Waals surface area (Å²) < 4.78 is 11.4. The molecule has 0 radical (unpaired) electrons. The van der Waals surface area contributed by atoms with E-state index in [1.165, 1.54) is 25.7 Å². The van der Waals surface area contributed by atoms with Crippen molar-refractivity contribution in [3.63, 3.8) is 0 Å². The maximum Gasteiger partial charge on any atom is 0.0613 e. The number of hydrogen-bond donors (Lipinski definition) is 1. The van der Waals surface area contributed by atoms with Crippen molar-refractivity contribution in [1.82, 2.24) is 0 Å². The van der Waals surface area contributed by atoms with Crippen LogP contribution in [0.5, 0.6) is 0 Å². The molecular weight excluding hydrogens is 190 g/mol. The second-order valence-corrected chi connectivity index (χ2v) is 5.21. The smallest absolute Gasteiger partial charge is 0.0613 e. The van der Waals surface area contributed by atoms with Gasteiger partial charge in [0.25, 0.3) is 0 Å². The molecule has 3 heteroatoms. The summed E-state index contributed by atoms with van der Waals surface area (Å²) in [6.45, 7) is 5.68. The Morgan fingerprint density at radius 3 is 2.60 bits per heavy atom. The second kappa shape index (κ2) is 4.81. The lowest BCUT2D eigenvalue weighted by Crippen LogP contribution is -2.43. The predicted octanol–water partition coefficient (Wildman–Crippen LogP) is 1.56. The van der Waals surface area contributed by atoms with Gasteiger partial charge in [-0.2, -0.15) is 0 Å². The first-order valence-corrected chi connectivity index (χ1v) is 6.15. The van der Waals surface area contributed by atoms with Crippen LogP contribution in [0.4, 0.5) is 0 Å². The lowest BCUT2D eigenvalue weighted by Gasteiger charge is -2.43. The van der Waals surface area contributed by atoms with Gasteiger partial charge >= 0.3 is 0 Å². The lowest BCUT2D eigenvalue weighted by atomic mass is 9.74. The highest BCUT2D eigenvalue weighted by Crippen LogP contribution is 2.40. The van der Waals surface area contributed by atoms with Gasteiger partial charge < -0.3 is 15.2 Å². The van der Waals surface area contributed by atoms with E-state index in [1.807, 2.05) is 0 Å². The Morgan fingerprint density at radius 2 is 2.07 bits per heavy atom. The fourth-order valence-corrected chi connectivity index (χ4v) is 2.69. The molecule has 88 valence electrons. The molecule has 1 unspecified atom stereocenters. The fraction of sp³-hybridized carbons (Fsp3) is 1.00. The van der Waals surface area contributed by atoms with E-state index in [9.17, 15) is 0 Å². The maximum absolute atomic E-state index is 5.99. The predicted molar refractivity (Wildman–Crippen MR) is 59.7 cm³/mol. The summed E-state index contributed by atoms with van der Waals surface area (Å²) in [7, 11) is 0. The summed E-state index contributed by atoms with van der Waals surface area (Å²) >= 11 is 0. The summed E-state index contributed by atoms with van der Waals surface area (Å²) in [5.74, 6) is 0.502. The quantitative estimate of drug-likeness (QED) is 0.757. The molecule has 2 N–H and O–H groups in total. The molecule has 2 heterocycles. The van der Waals surface area contributed by atoms with E-state index in [0.29, 0.717) is 17.4 Å². The van der Waals surface area contributed by atoms with Crippen molar-refractivity contribution in [3.8, 4) is 0 Å². The molecule has 2 aliphatic rings.